The van der Waals surface area contributed by atoms with Crippen LogP contribution in [0.1, 0.15) is 12.8 Å². The van der Waals surface area contributed by atoms with Gasteiger partial charge in [0.15, 0.2) is 0 Å². The standard InChI is InChI=1S/C23H25N3O4/c1-2-7-24(10-25-20(27)16-12-3-4-13(8-12)17(16)21(25)28)11-26-22(29)18-14-5-6-15(9-14)19(18)23(26)30/h2-6,12-19H,1,7-11H2. The first-order valence-electron chi connectivity index (χ1n) is 10.9. The van der Waals surface area contributed by atoms with Gasteiger partial charge in [-0.2, -0.15) is 0 Å². The first-order chi connectivity index (χ1) is 14.5. The van der Waals surface area contributed by atoms with Gasteiger partial charge in [0.1, 0.15) is 0 Å². The Morgan fingerprint density at radius 1 is 0.733 bits per heavy atom. The summed E-state index contributed by atoms with van der Waals surface area (Å²) in [5.74, 6) is -0.772. The first-order valence-corrected chi connectivity index (χ1v) is 10.9. The zero-order chi connectivity index (χ0) is 20.7. The molecule has 7 nitrogen and oxygen atoms in total. The van der Waals surface area contributed by atoms with Gasteiger partial charge in [-0.05, 0) is 36.5 Å². The summed E-state index contributed by atoms with van der Waals surface area (Å²) in [6.45, 7) is 4.34. The molecule has 4 amide bonds. The molecule has 0 aromatic heterocycles. The van der Waals surface area contributed by atoms with Crippen LogP contribution in [0.4, 0.5) is 0 Å². The molecule has 4 aliphatic carbocycles. The molecule has 6 rings (SSSR count). The molecule has 30 heavy (non-hydrogen) atoms. The third kappa shape index (κ3) is 2.24. The van der Waals surface area contributed by atoms with Crippen LogP contribution in [0.3, 0.4) is 0 Å². The summed E-state index contributed by atoms with van der Waals surface area (Å²) < 4.78 is 0. The second kappa shape index (κ2) is 6.23. The van der Waals surface area contributed by atoms with Gasteiger partial charge in [-0.1, -0.05) is 30.4 Å². The summed E-state index contributed by atoms with van der Waals surface area (Å²) in [6.07, 6.45) is 11.8. The minimum atomic E-state index is -0.241. The van der Waals surface area contributed by atoms with Gasteiger partial charge in [-0.25, -0.2) is 0 Å². The summed E-state index contributed by atoms with van der Waals surface area (Å²) >= 11 is 0. The number of hydrogen-bond donors (Lipinski definition) is 0. The predicted molar refractivity (Wildman–Crippen MR) is 106 cm³/mol. The Bertz CT molecular complexity index is 809. The number of likely N-dealkylation sites (tertiary alicyclic amines) is 2. The van der Waals surface area contributed by atoms with E-state index >= 15 is 0 Å². The molecular weight excluding hydrogens is 382 g/mol. The molecule has 6 aliphatic rings. The van der Waals surface area contributed by atoms with E-state index in [1.807, 2.05) is 0 Å². The van der Waals surface area contributed by atoms with Crippen molar-refractivity contribution < 1.29 is 19.2 Å². The van der Waals surface area contributed by atoms with Crippen molar-refractivity contribution in [2.75, 3.05) is 19.9 Å². The monoisotopic (exact) mass is 407 g/mol. The molecule has 8 atom stereocenters. The lowest BCUT2D eigenvalue weighted by Gasteiger charge is -2.30. The normalized spacial score (nSPS) is 42.4. The molecule has 8 unspecified atom stereocenters. The highest BCUT2D eigenvalue weighted by atomic mass is 16.2. The number of fused-ring (bicyclic) bond motifs is 10. The zero-order valence-corrected chi connectivity index (χ0v) is 16.7. The average molecular weight is 407 g/mol. The Morgan fingerprint density at radius 2 is 1.07 bits per heavy atom. The predicted octanol–water partition coefficient (Wildman–Crippen LogP) is 1.00. The highest BCUT2D eigenvalue weighted by Crippen LogP contribution is 2.53. The lowest BCUT2D eigenvalue weighted by atomic mass is 9.85. The van der Waals surface area contributed by atoms with Crippen molar-refractivity contribution in [1.82, 2.24) is 14.7 Å². The molecule has 0 spiro atoms. The Labute approximate surface area is 175 Å². The van der Waals surface area contributed by atoms with Crippen LogP contribution in [0, 0.1) is 47.3 Å². The topological polar surface area (TPSA) is 78.0 Å². The molecule has 2 heterocycles. The quantitative estimate of drug-likeness (QED) is 0.485. The molecule has 156 valence electrons. The van der Waals surface area contributed by atoms with Crippen LogP contribution in [0.15, 0.2) is 37.0 Å². The molecule has 7 heteroatoms. The van der Waals surface area contributed by atoms with Crippen molar-refractivity contribution in [3.05, 3.63) is 37.0 Å². The first kappa shape index (κ1) is 18.2. The van der Waals surface area contributed by atoms with Crippen molar-refractivity contribution >= 4 is 23.6 Å². The van der Waals surface area contributed by atoms with E-state index in [0.29, 0.717) is 6.54 Å². The Hall–Kier alpha value is -2.54. The highest BCUT2D eigenvalue weighted by Gasteiger charge is 2.61. The van der Waals surface area contributed by atoms with E-state index in [1.54, 1.807) is 11.0 Å². The Morgan fingerprint density at radius 3 is 1.37 bits per heavy atom. The zero-order valence-electron chi connectivity index (χ0n) is 16.7. The number of carbonyl (C=O) groups excluding carboxylic acids is 4. The van der Waals surface area contributed by atoms with Gasteiger partial charge < -0.3 is 0 Å². The van der Waals surface area contributed by atoms with Crippen molar-refractivity contribution in [3.63, 3.8) is 0 Å². The van der Waals surface area contributed by atoms with Crippen LogP contribution in [0.5, 0.6) is 0 Å². The smallest absolute Gasteiger partial charge is 0.234 e. The van der Waals surface area contributed by atoms with Gasteiger partial charge in [0.05, 0.1) is 37.0 Å². The maximum atomic E-state index is 13.0. The lowest BCUT2D eigenvalue weighted by Crippen LogP contribution is -2.49. The molecule has 4 bridgehead atoms. The molecule has 2 aliphatic heterocycles. The second-order valence-corrected chi connectivity index (χ2v) is 9.63. The number of carbonyl (C=O) groups is 4. The fraction of sp³-hybridized carbons (Fsp3) is 0.565. The van der Waals surface area contributed by atoms with Crippen LogP contribution in [-0.4, -0.2) is 58.2 Å². The molecule has 2 saturated carbocycles. The average Bonchev–Trinajstić information content (AvgIpc) is 3.55. The van der Waals surface area contributed by atoms with Crippen LogP contribution < -0.4 is 0 Å². The van der Waals surface area contributed by atoms with Gasteiger partial charge in [0, 0.05) is 6.54 Å². The number of nitrogens with zero attached hydrogens (tertiary/aromatic N) is 3. The van der Waals surface area contributed by atoms with E-state index in [2.05, 4.69) is 30.9 Å². The SMILES string of the molecule is C=CCN(CN1C(=O)C2C3C=CC(C3)C2C1=O)CN1C(=O)C2C3C=CC(C3)C2C1=O. The van der Waals surface area contributed by atoms with E-state index in [0.717, 1.165) is 12.8 Å². The van der Waals surface area contributed by atoms with E-state index < -0.39 is 0 Å². The van der Waals surface area contributed by atoms with Crippen LogP contribution in [-0.2, 0) is 19.2 Å². The summed E-state index contributed by atoms with van der Waals surface area (Å²) in [7, 11) is 0. The largest absolute Gasteiger partial charge is 0.274 e. The number of allylic oxidation sites excluding steroid dienone is 4. The second-order valence-electron chi connectivity index (χ2n) is 9.63. The van der Waals surface area contributed by atoms with Crippen molar-refractivity contribution in [2.24, 2.45) is 47.3 Å². The number of amides is 4. The molecule has 4 fully saturated rings. The summed E-state index contributed by atoms with van der Waals surface area (Å²) in [5, 5.41) is 0. The van der Waals surface area contributed by atoms with Gasteiger partial charge in [-0.3, -0.25) is 33.9 Å². The third-order valence-electron chi connectivity index (χ3n) is 8.19. The summed E-state index contributed by atoms with van der Waals surface area (Å²) in [6, 6.07) is 0. The molecular formula is C23H25N3O4. The fourth-order valence-corrected chi connectivity index (χ4v) is 6.95. The number of hydrogen-bond acceptors (Lipinski definition) is 5. The lowest BCUT2D eigenvalue weighted by molar-refractivity contribution is -0.146. The van der Waals surface area contributed by atoms with Gasteiger partial charge >= 0.3 is 0 Å². The van der Waals surface area contributed by atoms with Crippen LogP contribution in [0.25, 0.3) is 0 Å². The van der Waals surface area contributed by atoms with Crippen LogP contribution >= 0.6 is 0 Å². The van der Waals surface area contributed by atoms with E-state index in [-0.39, 0.29) is 84.3 Å². The van der Waals surface area contributed by atoms with E-state index in [4.69, 9.17) is 0 Å². The summed E-state index contributed by atoms with van der Waals surface area (Å²) in [5.41, 5.74) is 0. The van der Waals surface area contributed by atoms with Gasteiger partial charge in [0.25, 0.3) is 0 Å². The molecule has 2 saturated heterocycles. The maximum Gasteiger partial charge on any atom is 0.234 e. The minimum absolute atomic E-state index is 0.0909. The van der Waals surface area contributed by atoms with Gasteiger partial charge in [0.2, 0.25) is 23.6 Å². The molecule has 0 aromatic rings. The highest BCUT2D eigenvalue weighted by molar-refractivity contribution is 6.07. The third-order valence-corrected chi connectivity index (χ3v) is 8.19. The molecule has 0 aromatic carbocycles. The molecule has 0 N–H and O–H groups in total. The summed E-state index contributed by atoms with van der Waals surface area (Å²) in [4.78, 5) is 56.5. The number of imide groups is 2. The Balaban J connectivity index is 1.19. The van der Waals surface area contributed by atoms with Gasteiger partial charge in [-0.15, -0.1) is 6.58 Å². The Kier molecular flexibility index (Phi) is 3.79. The van der Waals surface area contributed by atoms with Crippen molar-refractivity contribution in [2.45, 2.75) is 12.8 Å². The minimum Gasteiger partial charge on any atom is -0.274 e. The van der Waals surface area contributed by atoms with Crippen LogP contribution in [0.2, 0.25) is 0 Å². The molecule has 0 radical (unpaired) electrons. The van der Waals surface area contributed by atoms with E-state index in [9.17, 15) is 19.2 Å². The fourth-order valence-electron chi connectivity index (χ4n) is 6.95. The number of rotatable bonds is 6. The van der Waals surface area contributed by atoms with Crippen molar-refractivity contribution in [1.29, 1.82) is 0 Å². The van der Waals surface area contributed by atoms with E-state index in [1.165, 1.54) is 9.80 Å². The van der Waals surface area contributed by atoms with Crippen molar-refractivity contribution in [3.8, 4) is 0 Å². The maximum absolute atomic E-state index is 13.0.